The van der Waals surface area contributed by atoms with E-state index in [2.05, 4.69) is 15.3 Å². The van der Waals surface area contributed by atoms with Gasteiger partial charge >= 0.3 is 11.9 Å². The Morgan fingerprint density at radius 3 is 1.80 bits per heavy atom. The number of anilines is 1. The van der Waals surface area contributed by atoms with E-state index < -0.39 is 29.6 Å². The molecule has 1 heterocycles. The molecule has 10 heteroatoms. The Labute approximate surface area is 141 Å². The third-order valence-corrected chi connectivity index (χ3v) is 2.59. The van der Waals surface area contributed by atoms with Gasteiger partial charge in [-0.25, -0.2) is 0 Å². The first-order chi connectivity index (χ1) is 11.7. The van der Waals surface area contributed by atoms with Crippen molar-refractivity contribution in [3.8, 4) is 23.3 Å². The number of hydrogen-bond acceptors (Lipinski definition) is 9. The van der Waals surface area contributed by atoms with Gasteiger partial charge in [0.15, 0.2) is 0 Å². The molecule has 2 aromatic rings. The Hall–Kier alpha value is -3.69. The molecule has 1 aromatic carbocycles. The van der Waals surface area contributed by atoms with Crippen LogP contribution in [0.2, 0.25) is 0 Å². The van der Waals surface area contributed by atoms with E-state index >= 15 is 0 Å². The highest BCUT2D eigenvalue weighted by molar-refractivity contribution is 6.04. The van der Waals surface area contributed by atoms with E-state index in [0.29, 0.717) is 0 Å². The third-order valence-electron chi connectivity index (χ3n) is 2.59. The van der Waals surface area contributed by atoms with E-state index in [-0.39, 0.29) is 23.0 Å². The first-order valence-corrected chi connectivity index (χ1v) is 6.83. The number of amides is 1. The molecule has 1 amide bonds. The molecule has 0 unspecified atom stereocenters. The van der Waals surface area contributed by atoms with Gasteiger partial charge in [0, 0.05) is 25.5 Å². The largest absolute Gasteiger partial charge is 0.493 e. The van der Waals surface area contributed by atoms with Crippen LogP contribution in [0, 0.1) is 0 Å². The minimum atomic E-state index is -0.757. The standard InChI is InChI=1S/C15H13N3O7/c1-7(19)24-10-3-9(4-11(5-10)25-8(2)20)14(23)18-15-16-12(21)6-13(22)17-15/h3-6H,1-2H3,(H3,16,17,18,21,22,23). The van der Waals surface area contributed by atoms with Crippen molar-refractivity contribution in [2.75, 3.05) is 5.32 Å². The number of ether oxygens (including phenoxy) is 2. The molecule has 130 valence electrons. The Morgan fingerprint density at radius 2 is 1.36 bits per heavy atom. The normalized spacial score (nSPS) is 10.0. The lowest BCUT2D eigenvalue weighted by Crippen LogP contribution is -2.15. The molecule has 0 saturated heterocycles. The summed E-state index contributed by atoms with van der Waals surface area (Å²) in [6.45, 7) is 2.34. The van der Waals surface area contributed by atoms with Crippen LogP contribution < -0.4 is 14.8 Å². The Morgan fingerprint density at radius 1 is 0.880 bits per heavy atom. The molecule has 10 nitrogen and oxygen atoms in total. The first kappa shape index (κ1) is 17.7. The molecule has 0 saturated carbocycles. The van der Waals surface area contributed by atoms with Crippen molar-refractivity contribution in [2.24, 2.45) is 0 Å². The Bertz CT molecular complexity index is 797. The summed E-state index contributed by atoms with van der Waals surface area (Å²) in [5, 5.41) is 20.8. The average Bonchev–Trinajstić information content (AvgIpc) is 2.44. The highest BCUT2D eigenvalue weighted by Crippen LogP contribution is 2.24. The van der Waals surface area contributed by atoms with Crippen LogP contribution in [0.5, 0.6) is 23.3 Å². The maximum absolute atomic E-state index is 12.3. The van der Waals surface area contributed by atoms with Gasteiger partial charge in [-0.1, -0.05) is 0 Å². The van der Waals surface area contributed by atoms with Gasteiger partial charge in [-0.3, -0.25) is 19.7 Å². The lowest BCUT2D eigenvalue weighted by atomic mass is 10.2. The van der Waals surface area contributed by atoms with Gasteiger partial charge in [-0.2, -0.15) is 9.97 Å². The van der Waals surface area contributed by atoms with Gasteiger partial charge in [0.1, 0.15) is 11.5 Å². The van der Waals surface area contributed by atoms with Crippen LogP contribution in [0.1, 0.15) is 24.2 Å². The summed E-state index contributed by atoms with van der Waals surface area (Å²) in [6.07, 6.45) is 0. The molecule has 3 N–H and O–H groups in total. The molecule has 0 radical (unpaired) electrons. The molecular formula is C15H13N3O7. The van der Waals surface area contributed by atoms with E-state index in [1.54, 1.807) is 0 Å². The quantitative estimate of drug-likeness (QED) is 0.544. The summed E-state index contributed by atoms with van der Waals surface area (Å²) in [6, 6.07) is 4.60. The van der Waals surface area contributed by atoms with Gasteiger partial charge in [0.25, 0.3) is 5.91 Å². The second kappa shape index (κ2) is 7.25. The number of aromatic hydroxyl groups is 2. The van der Waals surface area contributed by atoms with Crippen molar-refractivity contribution in [3.05, 3.63) is 29.8 Å². The highest BCUT2D eigenvalue weighted by atomic mass is 16.5. The topological polar surface area (TPSA) is 148 Å². The zero-order chi connectivity index (χ0) is 18.6. The Balaban J connectivity index is 2.32. The molecule has 0 aliphatic carbocycles. The summed E-state index contributed by atoms with van der Waals surface area (Å²) in [7, 11) is 0. The third kappa shape index (κ3) is 5.16. The molecule has 0 fully saturated rings. The second-order valence-electron chi connectivity index (χ2n) is 4.74. The molecule has 0 bridgehead atoms. The van der Waals surface area contributed by atoms with E-state index in [9.17, 15) is 24.6 Å². The van der Waals surface area contributed by atoms with E-state index in [4.69, 9.17) is 9.47 Å². The van der Waals surface area contributed by atoms with Crippen molar-refractivity contribution in [2.45, 2.75) is 13.8 Å². The lowest BCUT2D eigenvalue weighted by Gasteiger charge is -2.09. The van der Waals surface area contributed by atoms with Gasteiger partial charge in [-0.05, 0) is 12.1 Å². The van der Waals surface area contributed by atoms with Crippen molar-refractivity contribution in [3.63, 3.8) is 0 Å². The van der Waals surface area contributed by atoms with E-state index in [1.807, 2.05) is 0 Å². The fraction of sp³-hybridized carbons (Fsp3) is 0.133. The van der Waals surface area contributed by atoms with Crippen molar-refractivity contribution < 1.29 is 34.1 Å². The van der Waals surface area contributed by atoms with Crippen molar-refractivity contribution in [1.29, 1.82) is 0 Å². The monoisotopic (exact) mass is 347 g/mol. The van der Waals surface area contributed by atoms with Gasteiger partial charge in [0.05, 0.1) is 6.07 Å². The number of nitrogens with one attached hydrogen (secondary N) is 1. The average molecular weight is 347 g/mol. The molecular weight excluding hydrogens is 334 g/mol. The summed E-state index contributed by atoms with van der Waals surface area (Å²) in [5.41, 5.74) is -0.0403. The maximum atomic E-state index is 12.3. The number of nitrogens with zero attached hydrogens (tertiary/aromatic N) is 2. The molecule has 0 spiro atoms. The van der Waals surface area contributed by atoms with Gasteiger partial charge in [-0.15, -0.1) is 0 Å². The molecule has 25 heavy (non-hydrogen) atoms. The molecule has 2 rings (SSSR count). The Kier molecular flexibility index (Phi) is 5.12. The van der Waals surface area contributed by atoms with Crippen LogP contribution in [-0.4, -0.2) is 38.0 Å². The highest BCUT2D eigenvalue weighted by Gasteiger charge is 2.14. The molecule has 0 aliphatic rings. The zero-order valence-corrected chi connectivity index (χ0v) is 13.1. The number of carbonyl (C=O) groups excluding carboxylic acids is 3. The second-order valence-corrected chi connectivity index (χ2v) is 4.74. The predicted molar refractivity (Wildman–Crippen MR) is 82.4 cm³/mol. The molecule has 0 atom stereocenters. The first-order valence-electron chi connectivity index (χ1n) is 6.83. The van der Waals surface area contributed by atoms with Crippen LogP contribution in [0.25, 0.3) is 0 Å². The number of hydrogen-bond donors (Lipinski definition) is 3. The number of aromatic nitrogens is 2. The van der Waals surface area contributed by atoms with Gasteiger partial charge in [0.2, 0.25) is 17.7 Å². The van der Waals surface area contributed by atoms with Gasteiger partial charge < -0.3 is 19.7 Å². The number of carbonyl (C=O) groups is 3. The zero-order valence-electron chi connectivity index (χ0n) is 13.1. The van der Waals surface area contributed by atoms with Crippen molar-refractivity contribution >= 4 is 23.8 Å². The minimum absolute atomic E-state index is 0.0175. The minimum Gasteiger partial charge on any atom is -0.493 e. The van der Waals surface area contributed by atoms with Crippen molar-refractivity contribution in [1.82, 2.24) is 9.97 Å². The van der Waals surface area contributed by atoms with Crippen LogP contribution in [0.4, 0.5) is 5.95 Å². The van der Waals surface area contributed by atoms with Crippen LogP contribution in [0.3, 0.4) is 0 Å². The number of benzene rings is 1. The smallest absolute Gasteiger partial charge is 0.308 e. The summed E-state index contributed by atoms with van der Waals surface area (Å²) < 4.78 is 9.79. The van der Waals surface area contributed by atoms with Crippen LogP contribution in [-0.2, 0) is 9.59 Å². The summed E-state index contributed by atoms with van der Waals surface area (Å²) in [4.78, 5) is 41.5. The molecule has 1 aromatic heterocycles. The summed E-state index contributed by atoms with van der Waals surface area (Å²) >= 11 is 0. The molecule has 0 aliphatic heterocycles. The van der Waals surface area contributed by atoms with Crippen LogP contribution in [0.15, 0.2) is 24.3 Å². The lowest BCUT2D eigenvalue weighted by molar-refractivity contribution is -0.132. The number of rotatable bonds is 4. The van der Waals surface area contributed by atoms with Crippen LogP contribution >= 0.6 is 0 Å². The SMILES string of the molecule is CC(=O)Oc1cc(OC(C)=O)cc(C(=O)Nc2nc(O)cc(O)n2)c1. The van der Waals surface area contributed by atoms with E-state index in [1.165, 1.54) is 32.0 Å². The fourth-order valence-electron chi connectivity index (χ4n) is 1.80. The maximum Gasteiger partial charge on any atom is 0.308 e. The predicted octanol–water partition coefficient (Wildman–Crippen LogP) is 0.991. The summed E-state index contributed by atoms with van der Waals surface area (Å²) in [5.74, 6) is -3.50. The van der Waals surface area contributed by atoms with E-state index in [0.717, 1.165) is 6.07 Å². The fourth-order valence-corrected chi connectivity index (χ4v) is 1.80. The number of esters is 2.